The minimum absolute atomic E-state index is 0.465. The van der Waals surface area contributed by atoms with E-state index in [1.807, 2.05) is 0 Å². The maximum absolute atomic E-state index is 5.21. The largest absolute Gasteiger partial charge is 0.345 e. The highest BCUT2D eigenvalue weighted by atomic mass is 35.5. The predicted octanol–water partition coefficient (Wildman–Crippen LogP) is 1.36. The molecule has 2 nitrogen and oxygen atoms in total. The third-order valence-electron chi connectivity index (χ3n) is 0.776. The molecule has 0 spiro atoms. The van der Waals surface area contributed by atoms with Crippen molar-refractivity contribution in [3.8, 4) is 11.8 Å². The summed E-state index contributed by atoms with van der Waals surface area (Å²) in [5.74, 6) is 5.28. The first-order valence-electron chi connectivity index (χ1n) is 2.67. The molecule has 0 bridgehead atoms. The third-order valence-corrected chi connectivity index (χ3v) is 0.902. The number of hydrogen-bond acceptors (Lipinski definition) is 2. The molecule has 0 aromatic carbocycles. The molecule has 0 N–H and O–H groups in total. The Morgan fingerprint density at radius 1 is 1.40 bits per heavy atom. The van der Waals surface area contributed by atoms with Crippen molar-refractivity contribution in [2.75, 3.05) is 14.2 Å². The van der Waals surface area contributed by atoms with Crippen LogP contribution in [0.1, 0.15) is 0 Å². The van der Waals surface area contributed by atoms with Gasteiger partial charge in [0, 0.05) is 19.8 Å². The van der Waals surface area contributed by atoms with Gasteiger partial charge in [0.1, 0.15) is 0 Å². The molecule has 0 aliphatic carbocycles. The molecule has 3 heteroatoms. The van der Waals surface area contributed by atoms with Gasteiger partial charge < -0.3 is 9.47 Å². The Balaban J connectivity index is 3.74. The van der Waals surface area contributed by atoms with E-state index in [1.165, 1.54) is 25.8 Å². The van der Waals surface area contributed by atoms with E-state index < -0.39 is 6.29 Å². The summed E-state index contributed by atoms with van der Waals surface area (Å²) < 4.78 is 9.55. The van der Waals surface area contributed by atoms with Gasteiger partial charge in [0.05, 0.1) is 0 Å². The van der Waals surface area contributed by atoms with Gasteiger partial charge in [-0.2, -0.15) is 0 Å². The van der Waals surface area contributed by atoms with Crippen LogP contribution in [0.2, 0.25) is 0 Å². The van der Waals surface area contributed by atoms with Crippen LogP contribution in [0.25, 0.3) is 0 Å². The van der Waals surface area contributed by atoms with Crippen molar-refractivity contribution in [2.45, 2.75) is 6.29 Å². The first-order chi connectivity index (χ1) is 4.85. The highest BCUT2D eigenvalue weighted by Crippen LogP contribution is 1.86. The van der Waals surface area contributed by atoms with E-state index in [-0.39, 0.29) is 0 Å². The third kappa shape index (κ3) is 4.39. The van der Waals surface area contributed by atoms with Gasteiger partial charge in [0.25, 0.3) is 0 Å². The molecule has 0 aromatic heterocycles. The molecule has 0 rings (SSSR count). The molecule has 0 aliphatic rings. The van der Waals surface area contributed by atoms with E-state index >= 15 is 0 Å². The van der Waals surface area contributed by atoms with E-state index in [2.05, 4.69) is 11.8 Å². The molecular weight excluding hydrogens is 152 g/mol. The number of rotatable bonds is 2. The fourth-order valence-corrected chi connectivity index (χ4v) is 0.425. The zero-order valence-corrected chi connectivity index (χ0v) is 6.68. The summed E-state index contributed by atoms with van der Waals surface area (Å²) >= 11 is 5.21. The summed E-state index contributed by atoms with van der Waals surface area (Å²) in [5.41, 5.74) is 1.33. The van der Waals surface area contributed by atoms with Crippen LogP contribution in [-0.2, 0) is 9.47 Å². The van der Waals surface area contributed by atoms with Crippen molar-refractivity contribution >= 4 is 11.6 Å². The molecule has 0 unspecified atom stereocenters. The highest BCUT2D eigenvalue weighted by Gasteiger charge is 1.94. The van der Waals surface area contributed by atoms with Crippen molar-refractivity contribution in [2.24, 2.45) is 0 Å². The smallest absolute Gasteiger partial charge is 0.222 e. The van der Waals surface area contributed by atoms with Gasteiger partial charge in [0.15, 0.2) is 0 Å². The summed E-state index contributed by atoms with van der Waals surface area (Å²) in [4.78, 5) is 0. The maximum atomic E-state index is 5.21. The van der Waals surface area contributed by atoms with Crippen LogP contribution < -0.4 is 0 Å². The first kappa shape index (κ1) is 9.51. The molecular formula is C7H9ClO2. The fraction of sp³-hybridized carbons (Fsp3) is 0.429. The van der Waals surface area contributed by atoms with Gasteiger partial charge in [0.2, 0.25) is 6.29 Å². The van der Waals surface area contributed by atoms with Gasteiger partial charge in [-0.05, 0) is 12.0 Å². The van der Waals surface area contributed by atoms with E-state index in [9.17, 15) is 0 Å². The molecule has 0 aromatic rings. The summed E-state index contributed by atoms with van der Waals surface area (Å²) in [6, 6.07) is 0. The Morgan fingerprint density at radius 3 is 2.40 bits per heavy atom. The number of allylic oxidation sites excluding steroid dienone is 1. The summed E-state index contributed by atoms with van der Waals surface area (Å²) in [6.07, 6.45) is 1.04. The molecule has 0 amide bonds. The van der Waals surface area contributed by atoms with Gasteiger partial charge in [-0.3, -0.25) is 0 Å². The van der Waals surface area contributed by atoms with Crippen LogP contribution >= 0.6 is 11.6 Å². The molecule has 0 atom stereocenters. The zero-order chi connectivity index (χ0) is 7.82. The van der Waals surface area contributed by atoms with Gasteiger partial charge in [-0.25, -0.2) is 0 Å². The standard InChI is InChI=1S/C7H9ClO2/c1-9-7(10-2)5-3-4-6-8/h4,6-7H,1-2H3/b6-4-. The topological polar surface area (TPSA) is 18.5 Å². The Kier molecular flexibility index (Phi) is 6.30. The van der Waals surface area contributed by atoms with E-state index in [0.29, 0.717) is 0 Å². The van der Waals surface area contributed by atoms with Crippen molar-refractivity contribution < 1.29 is 9.47 Å². The molecule has 0 fully saturated rings. The fourth-order valence-electron chi connectivity index (χ4n) is 0.362. The Bertz CT molecular complexity index is 151. The normalized spacial score (nSPS) is 10.0. The average molecular weight is 161 g/mol. The van der Waals surface area contributed by atoms with Crippen LogP contribution in [0.4, 0.5) is 0 Å². The molecule has 0 saturated carbocycles. The van der Waals surface area contributed by atoms with Crippen LogP contribution in [-0.4, -0.2) is 20.5 Å². The molecule has 0 heterocycles. The Morgan fingerprint density at radius 2 is 2.00 bits per heavy atom. The number of ether oxygens (including phenoxy) is 2. The molecule has 0 radical (unpaired) electrons. The van der Waals surface area contributed by atoms with Crippen molar-refractivity contribution in [3.63, 3.8) is 0 Å². The van der Waals surface area contributed by atoms with Crippen LogP contribution in [0, 0.1) is 11.8 Å². The van der Waals surface area contributed by atoms with Crippen LogP contribution in [0.3, 0.4) is 0 Å². The summed E-state index contributed by atoms with van der Waals surface area (Å²) in [5, 5.41) is 0. The zero-order valence-electron chi connectivity index (χ0n) is 5.93. The van der Waals surface area contributed by atoms with E-state index in [1.54, 1.807) is 0 Å². The molecule has 56 valence electrons. The summed E-state index contributed by atoms with van der Waals surface area (Å²) in [6.45, 7) is 0. The average Bonchev–Trinajstić information content (AvgIpc) is 1.99. The summed E-state index contributed by atoms with van der Waals surface area (Å²) in [7, 11) is 3.04. The van der Waals surface area contributed by atoms with Crippen LogP contribution in [0.5, 0.6) is 0 Å². The van der Waals surface area contributed by atoms with Gasteiger partial charge in [-0.1, -0.05) is 17.5 Å². The monoisotopic (exact) mass is 160 g/mol. The molecule has 0 saturated heterocycles. The van der Waals surface area contributed by atoms with E-state index in [0.717, 1.165) is 0 Å². The Hall–Kier alpha value is -0.490. The highest BCUT2D eigenvalue weighted by molar-refractivity contribution is 6.25. The predicted molar refractivity (Wildman–Crippen MR) is 40.6 cm³/mol. The van der Waals surface area contributed by atoms with Crippen molar-refractivity contribution in [1.29, 1.82) is 0 Å². The van der Waals surface area contributed by atoms with Crippen molar-refractivity contribution in [1.82, 2.24) is 0 Å². The minimum atomic E-state index is -0.465. The second-order valence-electron chi connectivity index (χ2n) is 1.38. The number of methoxy groups -OCH3 is 2. The second-order valence-corrected chi connectivity index (χ2v) is 1.64. The minimum Gasteiger partial charge on any atom is -0.345 e. The second kappa shape index (κ2) is 6.63. The van der Waals surface area contributed by atoms with E-state index in [4.69, 9.17) is 21.1 Å². The van der Waals surface area contributed by atoms with Crippen LogP contribution in [0.15, 0.2) is 11.6 Å². The lowest BCUT2D eigenvalue weighted by molar-refractivity contribution is -0.0595. The SMILES string of the molecule is COC(C#C/C=C\Cl)OC. The lowest BCUT2D eigenvalue weighted by atomic mass is 10.5. The first-order valence-corrected chi connectivity index (χ1v) is 3.10. The number of hydrogen-bond donors (Lipinski definition) is 0. The number of halogens is 1. The quantitative estimate of drug-likeness (QED) is 0.449. The lowest BCUT2D eigenvalue weighted by Crippen LogP contribution is -2.08. The van der Waals surface area contributed by atoms with Crippen molar-refractivity contribution in [3.05, 3.63) is 11.6 Å². The maximum Gasteiger partial charge on any atom is 0.222 e. The molecule has 0 aliphatic heterocycles. The van der Waals surface area contributed by atoms with Gasteiger partial charge in [-0.15, -0.1) is 0 Å². The van der Waals surface area contributed by atoms with Gasteiger partial charge >= 0.3 is 0 Å². The Labute approximate surface area is 65.8 Å². The molecule has 10 heavy (non-hydrogen) atoms. The lowest BCUT2D eigenvalue weighted by Gasteiger charge is -2.02.